The van der Waals surface area contributed by atoms with Crippen LogP contribution in [-0.4, -0.2) is 49.1 Å². The Hall–Kier alpha value is -2.75. The van der Waals surface area contributed by atoms with Gasteiger partial charge < -0.3 is 19.9 Å². The molecule has 1 saturated heterocycles. The van der Waals surface area contributed by atoms with Gasteiger partial charge in [0.2, 0.25) is 0 Å². The number of ether oxygens (including phenoxy) is 1. The van der Waals surface area contributed by atoms with Crippen LogP contribution < -0.4 is 15.0 Å². The van der Waals surface area contributed by atoms with Crippen molar-refractivity contribution in [3.05, 3.63) is 58.1 Å². The van der Waals surface area contributed by atoms with Gasteiger partial charge in [-0.25, -0.2) is 0 Å². The molecule has 2 aromatic rings. The van der Waals surface area contributed by atoms with Gasteiger partial charge in [-0.3, -0.25) is 4.79 Å². The minimum Gasteiger partial charge on any atom is -0.490 e. The first kappa shape index (κ1) is 21.1. The highest BCUT2D eigenvalue weighted by molar-refractivity contribution is 6.31. The Morgan fingerprint density at radius 3 is 2.56 bits per heavy atom. The van der Waals surface area contributed by atoms with Crippen LogP contribution in [0.1, 0.15) is 47.2 Å². The third kappa shape index (κ3) is 4.15. The van der Waals surface area contributed by atoms with Crippen molar-refractivity contribution in [1.29, 1.82) is 5.26 Å². The number of carbonyl (C=O) groups excluding carboxylic acids is 1. The largest absolute Gasteiger partial charge is 0.490 e. The average molecular weight is 451 g/mol. The fraction of sp³-hybridized carbons (Fsp3) is 0.440. The van der Waals surface area contributed by atoms with E-state index in [1.54, 1.807) is 18.2 Å². The normalized spacial score (nSPS) is 23.1. The Bertz CT molecular complexity index is 1050. The van der Waals surface area contributed by atoms with Gasteiger partial charge in [-0.2, -0.15) is 5.26 Å². The number of hydrogen-bond acceptors (Lipinski definition) is 5. The van der Waals surface area contributed by atoms with E-state index in [1.165, 1.54) is 5.69 Å². The molecule has 7 heteroatoms. The number of fused-ring (bicyclic) bond motifs is 1. The maximum atomic E-state index is 13.1. The second-order valence-electron chi connectivity index (χ2n) is 8.81. The smallest absolute Gasteiger partial charge is 0.254 e. The summed E-state index contributed by atoms with van der Waals surface area (Å²) in [5.74, 6) is 0.859. The molecule has 2 fully saturated rings. The van der Waals surface area contributed by atoms with Crippen LogP contribution in [0.2, 0.25) is 5.02 Å². The molecule has 6 nitrogen and oxygen atoms in total. The van der Waals surface area contributed by atoms with Crippen molar-refractivity contribution in [3.8, 4) is 11.8 Å². The molecule has 0 unspecified atom stereocenters. The molecule has 2 heterocycles. The monoisotopic (exact) mass is 450 g/mol. The highest BCUT2D eigenvalue weighted by atomic mass is 35.5. The minimum atomic E-state index is 0.106. The zero-order valence-corrected chi connectivity index (χ0v) is 18.8. The second-order valence-corrected chi connectivity index (χ2v) is 9.22. The van der Waals surface area contributed by atoms with Crippen molar-refractivity contribution in [1.82, 2.24) is 10.2 Å². The number of anilines is 1. The van der Waals surface area contributed by atoms with Gasteiger partial charge in [-0.05, 0) is 61.6 Å². The van der Waals surface area contributed by atoms with E-state index in [-0.39, 0.29) is 18.1 Å². The first-order chi connectivity index (χ1) is 15.6. The minimum absolute atomic E-state index is 0.106. The molecule has 0 radical (unpaired) electrons. The van der Waals surface area contributed by atoms with Crippen LogP contribution in [0.5, 0.6) is 5.75 Å². The zero-order chi connectivity index (χ0) is 22.1. The Kier molecular flexibility index (Phi) is 5.95. The van der Waals surface area contributed by atoms with E-state index in [1.807, 2.05) is 6.07 Å². The van der Waals surface area contributed by atoms with E-state index in [4.69, 9.17) is 21.6 Å². The maximum Gasteiger partial charge on any atom is 0.254 e. The molecule has 0 bridgehead atoms. The second kappa shape index (κ2) is 9.01. The van der Waals surface area contributed by atoms with Gasteiger partial charge in [0.25, 0.3) is 5.91 Å². The number of rotatable bonds is 4. The van der Waals surface area contributed by atoms with Crippen molar-refractivity contribution in [2.45, 2.75) is 44.4 Å². The number of nitrogens with zero attached hydrogens (tertiary/aromatic N) is 3. The summed E-state index contributed by atoms with van der Waals surface area (Å²) in [6.45, 7) is 4.72. The highest BCUT2D eigenvalue weighted by Crippen LogP contribution is 2.34. The number of carbonyl (C=O) groups is 1. The Balaban J connectivity index is 1.19. The SMILES string of the molecule is N#Cc1ccc(O[C@H]2CC[C@H](N3Cc4cc(N5CCNCC5)ccc4C3=O)CC2)cc1Cl. The maximum absolute atomic E-state index is 13.1. The van der Waals surface area contributed by atoms with E-state index in [0.717, 1.165) is 63.0 Å². The molecule has 3 aliphatic rings. The number of halogens is 1. The molecule has 2 aliphatic heterocycles. The summed E-state index contributed by atoms with van der Waals surface area (Å²) in [7, 11) is 0. The Labute approximate surface area is 193 Å². The molecule has 0 atom stereocenters. The van der Waals surface area contributed by atoms with Gasteiger partial charge in [0.15, 0.2) is 0 Å². The van der Waals surface area contributed by atoms with E-state index in [2.05, 4.69) is 33.3 Å². The molecule has 0 aromatic heterocycles. The quantitative estimate of drug-likeness (QED) is 0.763. The third-order valence-electron chi connectivity index (χ3n) is 6.85. The summed E-state index contributed by atoms with van der Waals surface area (Å²) in [4.78, 5) is 17.5. The molecule has 32 heavy (non-hydrogen) atoms. The molecule has 5 rings (SSSR count). The number of nitrogens with one attached hydrogen (secondary N) is 1. The van der Waals surface area contributed by atoms with Crippen LogP contribution in [0, 0.1) is 11.3 Å². The van der Waals surface area contributed by atoms with E-state index >= 15 is 0 Å². The van der Waals surface area contributed by atoms with Crippen molar-refractivity contribution in [2.24, 2.45) is 0 Å². The van der Waals surface area contributed by atoms with Gasteiger partial charge in [0, 0.05) is 56.1 Å². The van der Waals surface area contributed by atoms with Crippen LogP contribution in [-0.2, 0) is 6.54 Å². The summed E-state index contributed by atoms with van der Waals surface area (Å²) >= 11 is 6.12. The van der Waals surface area contributed by atoms with Gasteiger partial charge in [-0.1, -0.05) is 11.6 Å². The van der Waals surface area contributed by atoms with Crippen molar-refractivity contribution in [3.63, 3.8) is 0 Å². The molecular weight excluding hydrogens is 424 g/mol. The van der Waals surface area contributed by atoms with Crippen molar-refractivity contribution >= 4 is 23.2 Å². The van der Waals surface area contributed by atoms with E-state index in [0.29, 0.717) is 22.9 Å². The number of piperazine rings is 1. The van der Waals surface area contributed by atoms with Crippen LogP contribution in [0.15, 0.2) is 36.4 Å². The van der Waals surface area contributed by atoms with Gasteiger partial charge in [0.05, 0.1) is 16.7 Å². The predicted molar refractivity (Wildman–Crippen MR) is 124 cm³/mol. The Morgan fingerprint density at radius 2 is 1.84 bits per heavy atom. The first-order valence-corrected chi connectivity index (χ1v) is 11.8. The Morgan fingerprint density at radius 1 is 1.06 bits per heavy atom. The van der Waals surface area contributed by atoms with Crippen LogP contribution in [0.25, 0.3) is 0 Å². The number of nitriles is 1. The molecule has 1 amide bonds. The molecule has 166 valence electrons. The summed E-state index contributed by atoms with van der Waals surface area (Å²) in [6.07, 6.45) is 3.76. The highest BCUT2D eigenvalue weighted by Gasteiger charge is 2.35. The lowest BCUT2D eigenvalue weighted by molar-refractivity contribution is 0.0561. The number of hydrogen-bond donors (Lipinski definition) is 1. The van der Waals surface area contributed by atoms with Crippen molar-refractivity contribution in [2.75, 3.05) is 31.1 Å². The predicted octanol–water partition coefficient (Wildman–Crippen LogP) is 3.97. The zero-order valence-electron chi connectivity index (χ0n) is 18.0. The molecule has 1 saturated carbocycles. The summed E-state index contributed by atoms with van der Waals surface area (Å²) in [6, 6.07) is 13.8. The topological polar surface area (TPSA) is 68.6 Å². The summed E-state index contributed by atoms with van der Waals surface area (Å²) in [5.41, 5.74) is 3.68. The molecule has 1 aliphatic carbocycles. The molecular formula is C25H27ClN4O2. The molecule has 1 N–H and O–H groups in total. The number of benzene rings is 2. The van der Waals surface area contributed by atoms with Crippen molar-refractivity contribution < 1.29 is 9.53 Å². The van der Waals surface area contributed by atoms with E-state index < -0.39 is 0 Å². The van der Waals surface area contributed by atoms with Gasteiger partial charge in [-0.15, -0.1) is 0 Å². The van der Waals surface area contributed by atoms with Crippen LogP contribution in [0.3, 0.4) is 0 Å². The third-order valence-corrected chi connectivity index (χ3v) is 7.16. The standard InChI is InChI=1S/C25H27ClN4O2/c26-24-14-22(5-1-17(24)15-27)32-21-6-2-19(3-7-21)30-16-18-13-20(4-8-23(18)25(30)31)29-11-9-28-10-12-29/h1,4-5,8,13-14,19,21,28H,2-3,6-7,9-12,16H2/t19-,21-. The fourth-order valence-electron chi connectivity index (χ4n) is 5.07. The molecule has 0 spiro atoms. The van der Waals surface area contributed by atoms with E-state index in [9.17, 15) is 4.79 Å². The average Bonchev–Trinajstić information content (AvgIpc) is 3.16. The first-order valence-electron chi connectivity index (χ1n) is 11.4. The van der Waals surface area contributed by atoms with Gasteiger partial charge >= 0.3 is 0 Å². The van der Waals surface area contributed by atoms with Gasteiger partial charge in [0.1, 0.15) is 11.8 Å². The fourth-order valence-corrected chi connectivity index (χ4v) is 5.28. The summed E-state index contributed by atoms with van der Waals surface area (Å²) < 4.78 is 6.11. The lowest BCUT2D eigenvalue weighted by Gasteiger charge is -2.34. The summed E-state index contributed by atoms with van der Waals surface area (Å²) in [5, 5.41) is 12.8. The lowest BCUT2D eigenvalue weighted by atomic mass is 9.92. The van der Waals surface area contributed by atoms with Crippen LogP contribution >= 0.6 is 11.6 Å². The lowest BCUT2D eigenvalue weighted by Crippen LogP contribution is -2.43. The van der Waals surface area contributed by atoms with Crippen LogP contribution in [0.4, 0.5) is 5.69 Å². The molecule has 2 aromatic carbocycles. The number of amides is 1.